The van der Waals surface area contributed by atoms with Gasteiger partial charge in [0.05, 0.1) is 5.69 Å². The minimum atomic E-state index is -0.308. The van der Waals surface area contributed by atoms with E-state index in [2.05, 4.69) is 9.88 Å². The Bertz CT molecular complexity index is 1240. The molecule has 2 aromatic heterocycles. The van der Waals surface area contributed by atoms with Gasteiger partial charge in [-0.1, -0.05) is 23.7 Å². The van der Waals surface area contributed by atoms with Gasteiger partial charge >= 0.3 is 5.69 Å². The van der Waals surface area contributed by atoms with Crippen LogP contribution in [0.15, 0.2) is 51.7 Å². The normalized spacial score (nSPS) is 14.5. The number of aromatic nitrogens is 2. The average Bonchev–Trinajstić information content (AvgIpc) is 3.29. The Morgan fingerprint density at radius 2 is 1.93 bits per heavy atom. The molecular formula is C21H18ClN3O2. The zero-order chi connectivity index (χ0) is 18.5. The lowest BCUT2D eigenvalue weighted by atomic mass is 10.2. The minimum absolute atomic E-state index is 0.308. The van der Waals surface area contributed by atoms with E-state index < -0.39 is 0 Å². The molecule has 3 heterocycles. The molecule has 5 rings (SSSR count). The van der Waals surface area contributed by atoms with Crippen molar-refractivity contribution in [3.63, 3.8) is 0 Å². The SMILES string of the molecule is Cc1cccc(-n2c(=O)nc(N3CCCC3)c3oc4ccc(Cl)cc4c32)c1. The third-order valence-electron chi connectivity index (χ3n) is 5.11. The van der Waals surface area contributed by atoms with Crippen LogP contribution in [0.4, 0.5) is 5.82 Å². The highest BCUT2D eigenvalue weighted by atomic mass is 35.5. The first-order valence-corrected chi connectivity index (χ1v) is 9.46. The topological polar surface area (TPSA) is 51.3 Å². The number of halogens is 1. The molecule has 0 unspecified atom stereocenters. The van der Waals surface area contributed by atoms with Gasteiger partial charge in [0.25, 0.3) is 0 Å². The van der Waals surface area contributed by atoms with Gasteiger partial charge < -0.3 is 9.32 Å². The third-order valence-corrected chi connectivity index (χ3v) is 5.34. The van der Waals surface area contributed by atoms with Crippen LogP contribution in [0.25, 0.3) is 27.8 Å². The molecule has 0 aliphatic carbocycles. The quantitative estimate of drug-likeness (QED) is 0.507. The van der Waals surface area contributed by atoms with Crippen molar-refractivity contribution in [1.29, 1.82) is 0 Å². The molecule has 0 atom stereocenters. The van der Waals surface area contributed by atoms with Crippen molar-refractivity contribution in [2.24, 2.45) is 0 Å². The van der Waals surface area contributed by atoms with E-state index in [1.54, 1.807) is 10.6 Å². The van der Waals surface area contributed by atoms with Crippen LogP contribution in [-0.4, -0.2) is 22.6 Å². The maximum atomic E-state index is 13.1. The summed E-state index contributed by atoms with van der Waals surface area (Å²) < 4.78 is 7.80. The van der Waals surface area contributed by atoms with E-state index in [4.69, 9.17) is 16.0 Å². The van der Waals surface area contributed by atoms with E-state index in [1.807, 2.05) is 43.3 Å². The molecule has 0 radical (unpaired) electrons. The number of rotatable bonds is 2. The molecule has 1 aliphatic rings. The summed E-state index contributed by atoms with van der Waals surface area (Å²) >= 11 is 6.25. The number of aryl methyl sites for hydroxylation is 1. The second kappa shape index (κ2) is 6.13. The van der Waals surface area contributed by atoms with Crippen molar-refractivity contribution < 1.29 is 4.42 Å². The average molecular weight is 380 g/mol. The number of anilines is 1. The van der Waals surface area contributed by atoms with Gasteiger partial charge in [0.1, 0.15) is 11.1 Å². The fraction of sp³-hybridized carbons (Fsp3) is 0.238. The molecule has 6 heteroatoms. The lowest BCUT2D eigenvalue weighted by Crippen LogP contribution is -2.27. The number of hydrogen-bond acceptors (Lipinski definition) is 4. The van der Waals surface area contributed by atoms with Crippen molar-refractivity contribution in [2.75, 3.05) is 18.0 Å². The second-order valence-electron chi connectivity index (χ2n) is 7.01. The highest BCUT2D eigenvalue weighted by Crippen LogP contribution is 2.36. The third kappa shape index (κ3) is 2.61. The molecule has 0 amide bonds. The molecule has 5 nitrogen and oxygen atoms in total. The van der Waals surface area contributed by atoms with E-state index in [1.165, 1.54) is 0 Å². The summed E-state index contributed by atoms with van der Waals surface area (Å²) in [7, 11) is 0. The van der Waals surface area contributed by atoms with Crippen LogP contribution in [0, 0.1) is 6.92 Å². The minimum Gasteiger partial charge on any atom is -0.450 e. The summed E-state index contributed by atoms with van der Waals surface area (Å²) in [5.74, 6) is 0.628. The first-order chi connectivity index (χ1) is 13.1. The number of benzene rings is 2. The number of fused-ring (bicyclic) bond motifs is 3. The molecule has 1 saturated heterocycles. The maximum Gasteiger partial charge on any atom is 0.354 e. The molecule has 1 aliphatic heterocycles. The van der Waals surface area contributed by atoms with Crippen LogP contribution in [0.2, 0.25) is 5.02 Å². The lowest BCUT2D eigenvalue weighted by Gasteiger charge is -2.17. The molecule has 0 saturated carbocycles. The van der Waals surface area contributed by atoms with Crippen LogP contribution in [0.1, 0.15) is 18.4 Å². The maximum absolute atomic E-state index is 13.1. The molecule has 27 heavy (non-hydrogen) atoms. The summed E-state index contributed by atoms with van der Waals surface area (Å²) in [6.07, 6.45) is 2.19. The Morgan fingerprint density at radius 3 is 2.70 bits per heavy atom. The van der Waals surface area contributed by atoms with Crippen molar-refractivity contribution >= 4 is 39.5 Å². The fourth-order valence-corrected chi connectivity index (χ4v) is 4.04. The van der Waals surface area contributed by atoms with Gasteiger partial charge in [-0.2, -0.15) is 4.98 Å². The number of nitrogens with zero attached hydrogens (tertiary/aromatic N) is 3. The molecule has 4 aromatic rings. The summed E-state index contributed by atoms with van der Waals surface area (Å²) in [5, 5.41) is 1.42. The summed E-state index contributed by atoms with van der Waals surface area (Å²) in [6, 6.07) is 13.3. The second-order valence-corrected chi connectivity index (χ2v) is 7.44. The first kappa shape index (κ1) is 16.4. The fourth-order valence-electron chi connectivity index (χ4n) is 3.87. The van der Waals surface area contributed by atoms with Gasteiger partial charge in [0.15, 0.2) is 11.4 Å². The highest BCUT2D eigenvalue weighted by molar-refractivity contribution is 6.31. The predicted octanol–water partition coefficient (Wildman–Crippen LogP) is 4.69. The predicted molar refractivity (Wildman–Crippen MR) is 108 cm³/mol. The Hall–Kier alpha value is -2.79. The largest absolute Gasteiger partial charge is 0.450 e. The molecule has 1 fully saturated rings. The monoisotopic (exact) mass is 379 g/mol. The van der Waals surface area contributed by atoms with E-state index in [-0.39, 0.29) is 5.69 Å². The standard InChI is InChI=1S/C21H18ClN3O2/c1-13-5-4-6-15(11-13)25-18-16-12-14(22)7-8-17(16)27-19(18)20(23-21(25)26)24-9-2-3-10-24/h4-8,11-12H,2-3,9-10H2,1H3. The first-order valence-electron chi connectivity index (χ1n) is 9.08. The van der Waals surface area contributed by atoms with Gasteiger partial charge in [-0.3, -0.25) is 4.57 Å². The Morgan fingerprint density at radius 1 is 1.11 bits per heavy atom. The van der Waals surface area contributed by atoms with Crippen LogP contribution < -0.4 is 10.6 Å². The van der Waals surface area contributed by atoms with E-state index >= 15 is 0 Å². The Labute approximate surface area is 160 Å². The van der Waals surface area contributed by atoms with Crippen LogP contribution in [-0.2, 0) is 0 Å². The van der Waals surface area contributed by atoms with E-state index in [9.17, 15) is 4.79 Å². The van der Waals surface area contributed by atoms with E-state index in [0.29, 0.717) is 22.0 Å². The van der Waals surface area contributed by atoms with Crippen LogP contribution in [0.5, 0.6) is 0 Å². The Balaban J connectivity index is 1.93. The molecular weight excluding hydrogens is 362 g/mol. The van der Waals surface area contributed by atoms with Crippen molar-refractivity contribution in [3.8, 4) is 5.69 Å². The van der Waals surface area contributed by atoms with Gasteiger partial charge in [-0.25, -0.2) is 4.79 Å². The molecule has 136 valence electrons. The van der Waals surface area contributed by atoms with Gasteiger partial charge in [0.2, 0.25) is 0 Å². The molecule has 0 spiro atoms. The number of hydrogen-bond donors (Lipinski definition) is 0. The van der Waals surface area contributed by atoms with Gasteiger partial charge in [-0.15, -0.1) is 0 Å². The van der Waals surface area contributed by atoms with Crippen molar-refractivity contribution in [3.05, 3.63) is 63.5 Å². The molecule has 0 bridgehead atoms. The Kier molecular flexibility index (Phi) is 3.72. The van der Waals surface area contributed by atoms with Crippen molar-refractivity contribution in [1.82, 2.24) is 9.55 Å². The van der Waals surface area contributed by atoms with Crippen LogP contribution >= 0.6 is 11.6 Å². The smallest absolute Gasteiger partial charge is 0.354 e. The summed E-state index contributed by atoms with van der Waals surface area (Å²) in [4.78, 5) is 19.6. The molecule has 2 aromatic carbocycles. The number of furan rings is 1. The van der Waals surface area contributed by atoms with E-state index in [0.717, 1.165) is 48.1 Å². The molecule has 0 N–H and O–H groups in total. The van der Waals surface area contributed by atoms with Crippen molar-refractivity contribution in [2.45, 2.75) is 19.8 Å². The van der Waals surface area contributed by atoms with Gasteiger partial charge in [0, 0.05) is 23.5 Å². The highest BCUT2D eigenvalue weighted by Gasteiger charge is 2.24. The van der Waals surface area contributed by atoms with Gasteiger partial charge in [-0.05, 0) is 55.7 Å². The lowest BCUT2D eigenvalue weighted by molar-refractivity contribution is 0.660. The summed E-state index contributed by atoms with van der Waals surface area (Å²) in [6.45, 7) is 3.77. The zero-order valence-corrected chi connectivity index (χ0v) is 15.7. The zero-order valence-electron chi connectivity index (χ0n) is 14.9. The van der Waals surface area contributed by atoms with Crippen LogP contribution in [0.3, 0.4) is 0 Å². The summed E-state index contributed by atoms with van der Waals surface area (Å²) in [5.41, 5.74) is 3.59.